The molecule has 0 aliphatic carbocycles. The van der Waals surface area contributed by atoms with Crippen LogP contribution in [-0.4, -0.2) is 21.5 Å². The number of benzene rings is 2. The maximum Gasteiger partial charge on any atom is 0.267 e. The minimum Gasteiger partial charge on any atom is -0.324 e. The van der Waals surface area contributed by atoms with Gasteiger partial charge in [0, 0.05) is 22.9 Å². The van der Waals surface area contributed by atoms with Crippen LogP contribution in [-0.2, 0) is 11.3 Å². The molecule has 1 amide bonds. The standard InChI is InChI=1S/C21H19N3O3/c1-14-5-3-4-6-18(14)19-11-12-21(27)24(23-19)13-20(26)22-17-9-7-16(8-10-17)15(2)25/h3-12H,13H2,1-2H3,(H,22,26). The van der Waals surface area contributed by atoms with Crippen LogP contribution < -0.4 is 10.9 Å². The van der Waals surface area contributed by atoms with Crippen LogP contribution in [0.15, 0.2) is 65.5 Å². The lowest BCUT2D eigenvalue weighted by atomic mass is 10.1. The zero-order valence-electron chi connectivity index (χ0n) is 15.1. The zero-order valence-corrected chi connectivity index (χ0v) is 15.1. The second kappa shape index (κ2) is 7.78. The second-order valence-electron chi connectivity index (χ2n) is 6.21. The van der Waals surface area contributed by atoms with Crippen molar-refractivity contribution in [1.82, 2.24) is 9.78 Å². The number of aromatic nitrogens is 2. The number of amides is 1. The fraction of sp³-hybridized carbons (Fsp3) is 0.143. The fourth-order valence-electron chi connectivity index (χ4n) is 2.69. The lowest BCUT2D eigenvalue weighted by Crippen LogP contribution is -2.29. The summed E-state index contributed by atoms with van der Waals surface area (Å²) in [6.07, 6.45) is 0. The van der Waals surface area contributed by atoms with E-state index < -0.39 is 0 Å². The first-order chi connectivity index (χ1) is 12.9. The SMILES string of the molecule is CC(=O)c1ccc(NC(=O)Cn2nc(-c3ccccc3C)ccc2=O)cc1. The number of nitrogens with one attached hydrogen (secondary N) is 1. The quantitative estimate of drug-likeness (QED) is 0.708. The molecule has 0 fully saturated rings. The number of rotatable bonds is 5. The van der Waals surface area contributed by atoms with Gasteiger partial charge in [-0.05, 0) is 49.7 Å². The molecule has 3 aromatic rings. The third-order valence-electron chi connectivity index (χ3n) is 4.16. The lowest BCUT2D eigenvalue weighted by Gasteiger charge is -2.10. The van der Waals surface area contributed by atoms with Gasteiger partial charge in [-0.3, -0.25) is 14.4 Å². The molecule has 0 atom stereocenters. The summed E-state index contributed by atoms with van der Waals surface area (Å²) in [6.45, 7) is 3.24. The molecule has 6 nitrogen and oxygen atoms in total. The van der Waals surface area contributed by atoms with Gasteiger partial charge in [0.15, 0.2) is 5.78 Å². The molecule has 1 aromatic heterocycles. The Kier molecular flexibility index (Phi) is 5.26. The van der Waals surface area contributed by atoms with Crippen molar-refractivity contribution >= 4 is 17.4 Å². The predicted octanol–water partition coefficient (Wildman–Crippen LogP) is 3.06. The molecule has 0 spiro atoms. The van der Waals surface area contributed by atoms with E-state index in [1.54, 1.807) is 30.3 Å². The molecular weight excluding hydrogens is 342 g/mol. The fourth-order valence-corrected chi connectivity index (χ4v) is 2.69. The van der Waals surface area contributed by atoms with Crippen molar-refractivity contribution < 1.29 is 9.59 Å². The lowest BCUT2D eigenvalue weighted by molar-refractivity contribution is -0.117. The molecule has 27 heavy (non-hydrogen) atoms. The highest BCUT2D eigenvalue weighted by Crippen LogP contribution is 2.19. The molecule has 0 aliphatic rings. The Morgan fingerprint density at radius 3 is 2.37 bits per heavy atom. The van der Waals surface area contributed by atoms with Crippen LogP contribution in [0.3, 0.4) is 0 Å². The summed E-state index contributed by atoms with van der Waals surface area (Å²) in [6, 6.07) is 17.3. The third-order valence-corrected chi connectivity index (χ3v) is 4.16. The van der Waals surface area contributed by atoms with E-state index in [1.807, 2.05) is 31.2 Å². The number of aryl methyl sites for hydroxylation is 1. The molecule has 2 aromatic carbocycles. The minimum atomic E-state index is -0.373. The van der Waals surface area contributed by atoms with Crippen molar-refractivity contribution in [2.45, 2.75) is 20.4 Å². The van der Waals surface area contributed by atoms with Gasteiger partial charge in [0.2, 0.25) is 5.91 Å². The van der Waals surface area contributed by atoms with Crippen molar-refractivity contribution in [2.75, 3.05) is 5.32 Å². The molecule has 1 N–H and O–H groups in total. The van der Waals surface area contributed by atoms with Gasteiger partial charge in [-0.25, -0.2) is 4.68 Å². The number of anilines is 1. The monoisotopic (exact) mass is 361 g/mol. The molecule has 0 radical (unpaired) electrons. The van der Waals surface area contributed by atoms with Crippen LogP contribution in [0.4, 0.5) is 5.69 Å². The molecule has 0 saturated carbocycles. The van der Waals surface area contributed by atoms with Crippen molar-refractivity contribution in [3.8, 4) is 11.3 Å². The molecule has 0 aliphatic heterocycles. The van der Waals surface area contributed by atoms with Gasteiger partial charge >= 0.3 is 0 Å². The smallest absolute Gasteiger partial charge is 0.267 e. The molecule has 1 heterocycles. The van der Waals surface area contributed by atoms with Gasteiger partial charge in [0.25, 0.3) is 5.56 Å². The van der Waals surface area contributed by atoms with Gasteiger partial charge in [-0.2, -0.15) is 5.10 Å². The van der Waals surface area contributed by atoms with Crippen molar-refractivity contribution in [2.24, 2.45) is 0 Å². The molecule has 3 rings (SSSR count). The van der Waals surface area contributed by atoms with Crippen LogP contribution in [0, 0.1) is 6.92 Å². The average Bonchev–Trinajstić information content (AvgIpc) is 2.64. The number of Topliss-reactive ketones (excluding diaryl/α,β-unsaturated/α-hetero) is 1. The van der Waals surface area contributed by atoms with Crippen LogP contribution >= 0.6 is 0 Å². The predicted molar refractivity (Wildman–Crippen MR) is 104 cm³/mol. The number of hydrogen-bond donors (Lipinski definition) is 1. The van der Waals surface area contributed by atoms with E-state index in [9.17, 15) is 14.4 Å². The molecule has 0 unspecified atom stereocenters. The van der Waals surface area contributed by atoms with E-state index in [0.29, 0.717) is 16.9 Å². The zero-order chi connectivity index (χ0) is 19.4. The van der Waals surface area contributed by atoms with Crippen molar-refractivity contribution in [3.05, 3.63) is 82.1 Å². The number of nitrogens with zero attached hydrogens (tertiary/aromatic N) is 2. The first-order valence-electron chi connectivity index (χ1n) is 8.49. The first-order valence-corrected chi connectivity index (χ1v) is 8.49. The van der Waals surface area contributed by atoms with E-state index in [4.69, 9.17) is 0 Å². The van der Waals surface area contributed by atoms with E-state index in [0.717, 1.165) is 15.8 Å². The normalized spacial score (nSPS) is 10.4. The Morgan fingerprint density at radius 2 is 1.70 bits per heavy atom. The van der Waals surface area contributed by atoms with Crippen LogP contribution in [0.1, 0.15) is 22.8 Å². The van der Waals surface area contributed by atoms with Crippen molar-refractivity contribution in [1.29, 1.82) is 0 Å². The van der Waals surface area contributed by atoms with Gasteiger partial charge < -0.3 is 5.32 Å². The molecule has 136 valence electrons. The van der Waals surface area contributed by atoms with E-state index >= 15 is 0 Å². The molecule has 6 heteroatoms. The van der Waals surface area contributed by atoms with Crippen LogP contribution in [0.25, 0.3) is 11.3 Å². The van der Waals surface area contributed by atoms with Gasteiger partial charge in [-0.15, -0.1) is 0 Å². The van der Waals surface area contributed by atoms with Gasteiger partial charge in [-0.1, -0.05) is 24.3 Å². The topological polar surface area (TPSA) is 81.1 Å². The second-order valence-corrected chi connectivity index (χ2v) is 6.21. The van der Waals surface area contributed by atoms with Gasteiger partial charge in [0.1, 0.15) is 6.54 Å². The van der Waals surface area contributed by atoms with Crippen molar-refractivity contribution in [3.63, 3.8) is 0 Å². The summed E-state index contributed by atoms with van der Waals surface area (Å²) in [4.78, 5) is 35.7. The maximum atomic E-state index is 12.3. The summed E-state index contributed by atoms with van der Waals surface area (Å²) in [5.41, 5.74) is 3.34. The molecule has 0 saturated heterocycles. The van der Waals surface area contributed by atoms with Gasteiger partial charge in [0.05, 0.1) is 5.69 Å². The van der Waals surface area contributed by atoms with Crippen LogP contribution in [0.2, 0.25) is 0 Å². The number of hydrogen-bond acceptors (Lipinski definition) is 4. The summed E-state index contributed by atoms with van der Waals surface area (Å²) in [5, 5.41) is 7.03. The first kappa shape index (κ1) is 18.3. The highest BCUT2D eigenvalue weighted by atomic mass is 16.2. The Morgan fingerprint density at radius 1 is 1.00 bits per heavy atom. The Hall–Kier alpha value is -3.54. The Labute approximate surface area is 156 Å². The summed E-state index contributed by atoms with van der Waals surface area (Å²) < 4.78 is 1.14. The summed E-state index contributed by atoms with van der Waals surface area (Å²) >= 11 is 0. The number of carbonyl (C=O) groups excluding carboxylic acids is 2. The number of ketones is 1. The van der Waals surface area contributed by atoms with E-state index in [-0.39, 0.29) is 23.8 Å². The minimum absolute atomic E-state index is 0.0448. The Balaban J connectivity index is 1.78. The van der Waals surface area contributed by atoms with E-state index in [1.165, 1.54) is 13.0 Å². The molecule has 0 bridgehead atoms. The average molecular weight is 361 g/mol. The maximum absolute atomic E-state index is 12.3. The Bertz CT molecular complexity index is 1050. The third kappa shape index (κ3) is 4.36. The highest BCUT2D eigenvalue weighted by Gasteiger charge is 2.10. The summed E-state index contributed by atoms with van der Waals surface area (Å²) in [5.74, 6) is -0.418. The summed E-state index contributed by atoms with van der Waals surface area (Å²) in [7, 11) is 0. The number of carbonyl (C=O) groups is 2. The largest absolute Gasteiger partial charge is 0.324 e. The molecular formula is C21H19N3O3. The highest BCUT2D eigenvalue weighted by molar-refractivity contribution is 5.95. The van der Waals surface area contributed by atoms with Crippen LogP contribution in [0.5, 0.6) is 0 Å². The van der Waals surface area contributed by atoms with E-state index in [2.05, 4.69) is 10.4 Å².